The van der Waals surface area contributed by atoms with E-state index in [0.717, 1.165) is 43.8 Å². The number of hydrazine groups is 1. The highest BCUT2D eigenvalue weighted by Crippen LogP contribution is 2.25. The van der Waals surface area contributed by atoms with Crippen molar-refractivity contribution in [3.05, 3.63) is 0 Å². The smallest absolute Gasteiger partial charge is 0.171 e. The molecule has 0 aromatic heterocycles. The SMILES string of the molecule is CC(C)CC1CN=C(NN2CCN(C)CC2)S1. The van der Waals surface area contributed by atoms with Crippen molar-refractivity contribution < 1.29 is 0 Å². The minimum absolute atomic E-state index is 0.685. The molecule has 0 radical (unpaired) electrons. The highest BCUT2D eigenvalue weighted by atomic mass is 32.2. The Morgan fingerprint density at radius 2 is 2.06 bits per heavy atom. The van der Waals surface area contributed by atoms with E-state index < -0.39 is 0 Å². The van der Waals surface area contributed by atoms with Gasteiger partial charge in [0.05, 0.1) is 6.54 Å². The predicted octanol–water partition coefficient (Wildman–Crippen LogP) is 1.26. The van der Waals surface area contributed by atoms with Gasteiger partial charge < -0.3 is 4.90 Å². The predicted molar refractivity (Wildman–Crippen MR) is 75.3 cm³/mol. The molecule has 1 saturated heterocycles. The number of thioether (sulfide) groups is 1. The van der Waals surface area contributed by atoms with E-state index in [-0.39, 0.29) is 0 Å². The summed E-state index contributed by atoms with van der Waals surface area (Å²) >= 11 is 1.92. The molecule has 4 nitrogen and oxygen atoms in total. The molecule has 0 aliphatic carbocycles. The number of aliphatic imine (C=N–C) groups is 1. The summed E-state index contributed by atoms with van der Waals surface area (Å²) in [5, 5.41) is 4.11. The second kappa shape index (κ2) is 6.07. The minimum atomic E-state index is 0.685. The maximum Gasteiger partial charge on any atom is 0.171 e. The van der Waals surface area contributed by atoms with Crippen LogP contribution in [0.4, 0.5) is 0 Å². The zero-order chi connectivity index (χ0) is 12.3. The Morgan fingerprint density at radius 3 is 2.71 bits per heavy atom. The molecular formula is C12H24N4S. The average Bonchev–Trinajstić information content (AvgIpc) is 2.68. The lowest BCUT2D eigenvalue weighted by molar-refractivity contribution is 0.132. The molecule has 0 saturated carbocycles. The molecule has 17 heavy (non-hydrogen) atoms. The van der Waals surface area contributed by atoms with Crippen LogP contribution in [0, 0.1) is 5.92 Å². The lowest BCUT2D eigenvalue weighted by Gasteiger charge is -2.32. The van der Waals surface area contributed by atoms with Gasteiger partial charge in [0.1, 0.15) is 0 Å². The molecule has 0 aromatic carbocycles. The molecule has 1 fully saturated rings. The first kappa shape index (κ1) is 13.2. The van der Waals surface area contributed by atoms with Gasteiger partial charge in [-0.1, -0.05) is 25.6 Å². The standard InChI is InChI=1S/C12H24N4S/c1-10(2)8-11-9-13-12(17-11)14-16-6-4-15(3)5-7-16/h10-11H,4-9H2,1-3H3,(H,13,14). The summed E-state index contributed by atoms with van der Waals surface area (Å²) in [6.45, 7) is 10.0. The van der Waals surface area contributed by atoms with Crippen molar-refractivity contribution in [3.8, 4) is 0 Å². The number of likely N-dealkylation sites (N-methyl/N-ethyl adjacent to an activating group) is 1. The first-order valence-electron chi connectivity index (χ1n) is 6.54. The van der Waals surface area contributed by atoms with Gasteiger partial charge in [0, 0.05) is 31.4 Å². The van der Waals surface area contributed by atoms with E-state index in [1.165, 1.54) is 6.42 Å². The summed E-state index contributed by atoms with van der Waals surface area (Å²) in [7, 11) is 2.18. The first-order valence-corrected chi connectivity index (χ1v) is 7.42. The number of piperazine rings is 1. The number of hydrogen-bond acceptors (Lipinski definition) is 5. The molecule has 2 aliphatic heterocycles. The van der Waals surface area contributed by atoms with E-state index in [4.69, 9.17) is 0 Å². The van der Waals surface area contributed by atoms with Crippen LogP contribution in [0.5, 0.6) is 0 Å². The van der Waals surface area contributed by atoms with Gasteiger partial charge in [-0.05, 0) is 19.4 Å². The molecule has 1 N–H and O–H groups in total. The van der Waals surface area contributed by atoms with E-state index in [2.05, 4.69) is 41.2 Å². The number of rotatable bonds is 3. The topological polar surface area (TPSA) is 30.9 Å². The Morgan fingerprint density at radius 1 is 1.35 bits per heavy atom. The number of nitrogens with one attached hydrogen (secondary N) is 1. The van der Waals surface area contributed by atoms with Crippen LogP contribution in [0.1, 0.15) is 20.3 Å². The Hall–Kier alpha value is -0.260. The summed E-state index contributed by atoms with van der Waals surface area (Å²) in [4.78, 5) is 6.96. The molecule has 5 heteroatoms. The van der Waals surface area contributed by atoms with Gasteiger partial charge in [0.25, 0.3) is 0 Å². The van der Waals surface area contributed by atoms with Crippen molar-refractivity contribution in [2.75, 3.05) is 39.8 Å². The molecule has 1 unspecified atom stereocenters. The Labute approximate surface area is 109 Å². The summed E-state index contributed by atoms with van der Waals surface area (Å²) in [5.74, 6) is 0.769. The lowest BCUT2D eigenvalue weighted by atomic mass is 10.1. The molecule has 1 atom stereocenters. The maximum absolute atomic E-state index is 4.60. The highest BCUT2D eigenvalue weighted by molar-refractivity contribution is 8.14. The van der Waals surface area contributed by atoms with Gasteiger partial charge in [0.15, 0.2) is 5.17 Å². The largest absolute Gasteiger partial charge is 0.304 e. The molecule has 2 aliphatic rings. The summed E-state index contributed by atoms with van der Waals surface area (Å²) in [6, 6.07) is 0. The molecule has 0 aromatic rings. The van der Waals surface area contributed by atoms with Crippen molar-refractivity contribution in [2.45, 2.75) is 25.5 Å². The first-order chi connectivity index (χ1) is 8.13. The normalized spacial score (nSPS) is 27.5. The van der Waals surface area contributed by atoms with E-state index in [0.29, 0.717) is 5.25 Å². The molecule has 0 spiro atoms. The van der Waals surface area contributed by atoms with Gasteiger partial charge in [-0.25, -0.2) is 5.01 Å². The van der Waals surface area contributed by atoms with E-state index in [1.54, 1.807) is 0 Å². The molecule has 2 rings (SSSR count). The molecular weight excluding hydrogens is 232 g/mol. The van der Waals surface area contributed by atoms with Crippen molar-refractivity contribution >= 4 is 16.9 Å². The number of hydrogen-bond donors (Lipinski definition) is 1. The molecule has 98 valence electrons. The van der Waals surface area contributed by atoms with Crippen molar-refractivity contribution in [1.29, 1.82) is 0 Å². The van der Waals surface area contributed by atoms with E-state index in [9.17, 15) is 0 Å². The van der Waals surface area contributed by atoms with Crippen LogP contribution in [-0.4, -0.2) is 60.1 Å². The second-order valence-corrected chi connectivity index (χ2v) is 6.71. The van der Waals surface area contributed by atoms with Gasteiger partial charge in [-0.15, -0.1) is 0 Å². The van der Waals surface area contributed by atoms with Gasteiger partial charge in [-0.2, -0.15) is 0 Å². The van der Waals surface area contributed by atoms with Gasteiger partial charge in [-0.3, -0.25) is 10.4 Å². The van der Waals surface area contributed by atoms with Crippen LogP contribution in [0.25, 0.3) is 0 Å². The minimum Gasteiger partial charge on any atom is -0.304 e. The fraction of sp³-hybridized carbons (Fsp3) is 0.917. The maximum atomic E-state index is 4.60. The second-order valence-electron chi connectivity index (χ2n) is 5.42. The van der Waals surface area contributed by atoms with Crippen molar-refractivity contribution in [2.24, 2.45) is 10.9 Å². The van der Waals surface area contributed by atoms with Crippen LogP contribution in [0.2, 0.25) is 0 Å². The Kier molecular flexibility index (Phi) is 4.70. The molecule has 0 amide bonds. The third-order valence-electron chi connectivity index (χ3n) is 3.21. The van der Waals surface area contributed by atoms with E-state index in [1.807, 2.05) is 11.8 Å². The zero-order valence-electron chi connectivity index (χ0n) is 11.1. The monoisotopic (exact) mass is 256 g/mol. The summed E-state index contributed by atoms with van der Waals surface area (Å²) in [5.41, 5.74) is 3.46. The summed E-state index contributed by atoms with van der Waals surface area (Å²) in [6.07, 6.45) is 1.27. The average molecular weight is 256 g/mol. The van der Waals surface area contributed by atoms with Crippen LogP contribution < -0.4 is 5.43 Å². The van der Waals surface area contributed by atoms with Crippen LogP contribution in [-0.2, 0) is 0 Å². The number of amidine groups is 1. The van der Waals surface area contributed by atoms with Crippen LogP contribution in [0.15, 0.2) is 4.99 Å². The van der Waals surface area contributed by atoms with Crippen LogP contribution in [0.3, 0.4) is 0 Å². The Balaban J connectivity index is 1.70. The quantitative estimate of drug-likeness (QED) is 0.823. The summed E-state index contributed by atoms with van der Waals surface area (Å²) < 4.78 is 0. The molecule has 2 heterocycles. The Bertz CT molecular complexity index is 272. The third-order valence-corrected chi connectivity index (χ3v) is 4.33. The third kappa shape index (κ3) is 4.16. The lowest BCUT2D eigenvalue weighted by Crippen LogP contribution is -2.51. The highest BCUT2D eigenvalue weighted by Gasteiger charge is 2.22. The van der Waals surface area contributed by atoms with Gasteiger partial charge >= 0.3 is 0 Å². The van der Waals surface area contributed by atoms with Crippen molar-refractivity contribution in [1.82, 2.24) is 15.3 Å². The van der Waals surface area contributed by atoms with Crippen LogP contribution >= 0.6 is 11.8 Å². The number of nitrogens with zero attached hydrogens (tertiary/aromatic N) is 3. The zero-order valence-corrected chi connectivity index (χ0v) is 12.0. The fourth-order valence-electron chi connectivity index (χ4n) is 2.18. The fourth-order valence-corrected chi connectivity index (χ4v) is 3.46. The van der Waals surface area contributed by atoms with Crippen molar-refractivity contribution in [3.63, 3.8) is 0 Å². The van der Waals surface area contributed by atoms with Gasteiger partial charge in [0.2, 0.25) is 0 Å². The molecule has 0 bridgehead atoms. The van der Waals surface area contributed by atoms with E-state index >= 15 is 0 Å².